The molecule has 10 heavy (non-hydrogen) atoms. The van der Waals surface area contributed by atoms with Crippen molar-refractivity contribution in [1.82, 2.24) is 4.83 Å². The van der Waals surface area contributed by atoms with Crippen LogP contribution in [0.5, 0.6) is 0 Å². The van der Waals surface area contributed by atoms with E-state index in [0.717, 1.165) is 11.6 Å². The fourth-order valence-electron chi connectivity index (χ4n) is 0.449. The minimum absolute atomic E-state index is 0.0266. The van der Waals surface area contributed by atoms with E-state index >= 15 is 0 Å². The zero-order valence-electron chi connectivity index (χ0n) is 4.77. The van der Waals surface area contributed by atoms with E-state index in [-0.39, 0.29) is 5.57 Å². The first-order valence-electron chi connectivity index (χ1n) is 2.31. The van der Waals surface area contributed by atoms with Gasteiger partial charge in [-0.25, -0.2) is 13.2 Å². The lowest BCUT2D eigenvalue weighted by Gasteiger charge is -2.00. The van der Waals surface area contributed by atoms with Crippen molar-refractivity contribution in [2.75, 3.05) is 0 Å². The molecule has 0 aromatic carbocycles. The molecule has 0 saturated heterocycles. The Kier molecular flexibility index (Phi) is 1.43. The Morgan fingerprint density at radius 1 is 1.70 bits per heavy atom. The van der Waals surface area contributed by atoms with Gasteiger partial charge in [0.2, 0.25) is 0 Å². The van der Waals surface area contributed by atoms with E-state index in [1.54, 1.807) is 6.07 Å². The second-order valence-electron chi connectivity index (χ2n) is 1.58. The van der Waals surface area contributed by atoms with Gasteiger partial charge in [-0.05, 0) is 0 Å². The monoisotopic (exact) mass is 157 g/mol. The highest BCUT2D eigenvalue weighted by Gasteiger charge is 2.09. The van der Waals surface area contributed by atoms with E-state index < -0.39 is 10.0 Å². The maximum atomic E-state index is 10.6. The summed E-state index contributed by atoms with van der Waals surface area (Å²) in [5, 5.41) is 12.3. The van der Waals surface area contributed by atoms with Gasteiger partial charge in [-0.1, -0.05) is 0 Å². The molecule has 0 aromatic rings. The van der Waals surface area contributed by atoms with E-state index in [2.05, 4.69) is 5.10 Å². The summed E-state index contributed by atoms with van der Waals surface area (Å²) in [4.78, 5) is 1.84. The topological polar surface area (TPSA) is 82.3 Å². The molecule has 0 radical (unpaired) electrons. The zero-order chi connectivity index (χ0) is 7.61. The molecule has 0 unspecified atom stereocenters. The quantitative estimate of drug-likeness (QED) is 0.505. The Morgan fingerprint density at radius 3 is 2.80 bits per heavy atom. The van der Waals surface area contributed by atoms with Crippen molar-refractivity contribution in [1.29, 1.82) is 5.26 Å². The number of rotatable bonds is 0. The SMILES string of the molecule is N#CC1=CS(=O)(=O)NN=C1. The summed E-state index contributed by atoms with van der Waals surface area (Å²) >= 11 is 0. The molecule has 0 aliphatic carbocycles. The van der Waals surface area contributed by atoms with E-state index in [0.29, 0.717) is 0 Å². The largest absolute Gasteiger partial charge is 0.271 e. The molecule has 0 spiro atoms. The highest BCUT2D eigenvalue weighted by atomic mass is 32.2. The van der Waals surface area contributed by atoms with Crippen LogP contribution in [0.4, 0.5) is 0 Å². The molecule has 6 heteroatoms. The van der Waals surface area contributed by atoms with Crippen LogP contribution in [0, 0.1) is 11.3 Å². The van der Waals surface area contributed by atoms with Crippen LogP contribution in [0.25, 0.3) is 0 Å². The number of hydrogen-bond donors (Lipinski definition) is 1. The van der Waals surface area contributed by atoms with Crippen LogP contribution in [-0.4, -0.2) is 14.6 Å². The van der Waals surface area contributed by atoms with Gasteiger partial charge in [-0.2, -0.15) is 10.4 Å². The molecule has 0 fully saturated rings. The molecule has 1 rings (SSSR count). The third kappa shape index (κ3) is 1.33. The summed E-state index contributed by atoms with van der Waals surface area (Å²) < 4.78 is 21.1. The summed E-state index contributed by atoms with van der Waals surface area (Å²) in [6.45, 7) is 0. The number of nitrogens with zero attached hydrogens (tertiary/aromatic N) is 2. The minimum atomic E-state index is -3.48. The van der Waals surface area contributed by atoms with Crippen LogP contribution in [0.2, 0.25) is 0 Å². The first kappa shape index (κ1) is 6.77. The number of nitrogens with one attached hydrogen (secondary N) is 1. The second kappa shape index (κ2) is 2.11. The molecular weight excluding hydrogens is 154 g/mol. The molecule has 0 bridgehead atoms. The first-order chi connectivity index (χ1) is 4.64. The van der Waals surface area contributed by atoms with Gasteiger partial charge in [0.05, 0.1) is 17.2 Å². The second-order valence-corrected chi connectivity index (χ2v) is 3.09. The number of hydrogen-bond acceptors (Lipinski definition) is 4. The lowest BCUT2D eigenvalue weighted by Crippen LogP contribution is -2.19. The fraction of sp³-hybridized carbons (Fsp3) is 0. The molecule has 1 aliphatic rings. The van der Waals surface area contributed by atoms with Gasteiger partial charge in [0, 0.05) is 0 Å². The third-order valence-corrected chi connectivity index (χ3v) is 1.72. The van der Waals surface area contributed by atoms with Crippen molar-refractivity contribution < 1.29 is 8.42 Å². The summed E-state index contributed by atoms with van der Waals surface area (Å²) in [6.07, 6.45) is 1.14. The predicted octanol–water partition coefficient (Wildman–Crippen LogP) is -0.687. The Hall–Kier alpha value is -1.35. The van der Waals surface area contributed by atoms with Crippen LogP contribution in [-0.2, 0) is 10.0 Å². The lowest BCUT2D eigenvalue weighted by atomic mass is 10.4. The maximum absolute atomic E-state index is 10.6. The highest BCUT2D eigenvalue weighted by Crippen LogP contribution is 1.98. The van der Waals surface area contributed by atoms with Crippen molar-refractivity contribution in [2.24, 2.45) is 5.10 Å². The molecule has 0 atom stereocenters. The fourth-order valence-corrected chi connectivity index (χ4v) is 1.15. The van der Waals surface area contributed by atoms with Crippen LogP contribution in [0.1, 0.15) is 0 Å². The van der Waals surface area contributed by atoms with Gasteiger partial charge in [0.1, 0.15) is 6.07 Å². The Bertz CT molecular complexity index is 332. The van der Waals surface area contributed by atoms with Gasteiger partial charge in [0.25, 0.3) is 10.0 Å². The van der Waals surface area contributed by atoms with Crippen molar-refractivity contribution in [3.63, 3.8) is 0 Å². The molecule has 1 aliphatic heterocycles. The van der Waals surface area contributed by atoms with Crippen molar-refractivity contribution >= 4 is 16.2 Å². The lowest BCUT2D eigenvalue weighted by molar-refractivity contribution is 0.593. The standard InChI is InChI=1S/C4H3N3O2S/c5-1-4-2-6-7-10(8,9)3-4/h2-3,7H. The van der Waals surface area contributed by atoms with Crippen molar-refractivity contribution in [3.05, 3.63) is 11.0 Å². The minimum Gasteiger partial charge on any atom is -0.200 e. The number of allylic oxidation sites excluding steroid dienone is 1. The van der Waals surface area contributed by atoms with Crippen LogP contribution >= 0.6 is 0 Å². The van der Waals surface area contributed by atoms with E-state index in [1.165, 1.54) is 0 Å². The molecule has 1 N–H and O–H groups in total. The van der Waals surface area contributed by atoms with Gasteiger partial charge in [-0.15, -0.1) is 0 Å². The molecular formula is C4H3N3O2S. The van der Waals surface area contributed by atoms with Crippen LogP contribution in [0.3, 0.4) is 0 Å². The summed E-state index contributed by atoms with van der Waals surface area (Å²) in [6, 6.07) is 1.65. The number of nitriles is 1. The molecule has 5 nitrogen and oxygen atoms in total. The van der Waals surface area contributed by atoms with Crippen molar-refractivity contribution in [3.8, 4) is 6.07 Å². The molecule has 0 aromatic heterocycles. The highest BCUT2D eigenvalue weighted by molar-refractivity contribution is 7.92. The van der Waals surface area contributed by atoms with Crippen molar-refractivity contribution in [2.45, 2.75) is 0 Å². The van der Waals surface area contributed by atoms with Gasteiger partial charge in [0.15, 0.2) is 0 Å². The molecule has 0 amide bonds. The smallest absolute Gasteiger partial charge is 0.200 e. The predicted molar refractivity (Wildman–Crippen MR) is 34.2 cm³/mol. The normalized spacial score (nSPS) is 20.5. The van der Waals surface area contributed by atoms with Gasteiger partial charge < -0.3 is 0 Å². The number of sulfonamides is 1. The van der Waals surface area contributed by atoms with E-state index in [1.807, 2.05) is 4.83 Å². The van der Waals surface area contributed by atoms with E-state index in [4.69, 9.17) is 5.26 Å². The van der Waals surface area contributed by atoms with Gasteiger partial charge in [-0.3, -0.25) is 0 Å². The van der Waals surface area contributed by atoms with E-state index in [9.17, 15) is 8.42 Å². The molecule has 1 heterocycles. The van der Waals surface area contributed by atoms with Gasteiger partial charge >= 0.3 is 0 Å². The Balaban J connectivity index is 3.11. The number of hydrazone groups is 1. The summed E-state index contributed by atoms with van der Waals surface area (Å²) in [5.74, 6) is 0. The first-order valence-corrected chi connectivity index (χ1v) is 3.85. The average Bonchev–Trinajstić information content (AvgIpc) is 1.86. The third-order valence-electron chi connectivity index (χ3n) is 0.795. The van der Waals surface area contributed by atoms with Crippen LogP contribution in [0.15, 0.2) is 16.1 Å². The summed E-state index contributed by atoms with van der Waals surface area (Å²) in [5.41, 5.74) is 0.0266. The molecule has 52 valence electrons. The maximum Gasteiger partial charge on any atom is 0.271 e. The molecule has 0 saturated carbocycles. The summed E-state index contributed by atoms with van der Waals surface area (Å²) in [7, 11) is -3.48. The Morgan fingerprint density at radius 2 is 2.40 bits per heavy atom. The average molecular weight is 157 g/mol. The van der Waals surface area contributed by atoms with Crippen LogP contribution < -0.4 is 4.83 Å². The Labute approximate surface area is 57.7 Å². The zero-order valence-corrected chi connectivity index (χ0v) is 5.59.